The SMILES string of the molecule is CNCCC(=O)Nc1cc(C)ccn1. The van der Waals surface area contributed by atoms with Crippen LogP contribution in [0.25, 0.3) is 0 Å². The summed E-state index contributed by atoms with van der Waals surface area (Å²) >= 11 is 0. The van der Waals surface area contributed by atoms with Crippen LogP contribution < -0.4 is 10.6 Å². The maximum atomic E-state index is 11.3. The van der Waals surface area contributed by atoms with Gasteiger partial charge in [-0.1, -0.05) is 0 Å². The van der Waals surface area contributed by atoms with Crippen LogP contribution in [0.3, 0.4) is 0 Å². The number of hydrogen-bond acceptors (Lipinski definition) is 3. The molecular weight excluding hydrogens is 178 g/mol. The van der Waals surface area contributed by atoms with E-state index in [0.717, 1.165) is 5.56 Å². The first kappa shape index (κ1) is 10.7. The largest absolute Gasteiger partial charge is 0.319 e. The van der Waals surface area contributed by atoms with Gasteiger partial charge in [0.15, 0.2) is 0 Å². The molecule has 0 aliphatic rings. The lowest BCUT2D eigenvalue weighted by molar-refractivity contribution is -0.116. The molecule has 4 nitrogen and oxygen atoms in total. The highest BCUT2D eigenvalue weighted by Gasteiger charge is 2.01. The summed E-state index contributed by atoms with van der Waals surface area (Å²) in [5.74, 6) is 0.601. The van der Waals surface area contributed by atoms with Gasteiger partial charge in [0, 0.05) is 19.2 Å². The van der Waals surface area contributed by atoms with Crippen molar-refractivity contribution < 1.29 is 4.79 Å². The second-order valence-corrected chi connectivity index (χ2v) is 3.12. The quantitative estimate of drug-likeness (QED) is 0.748. The molecule has 0 atom stereocenters. The van der Waals surface area contributed by atoms with E-state index in [-0.39, 0.29) is 5.91 Å². The normalized spacial score (nSPS) is 9.86. The number of nitrogens with one attached hydrogen (secondary N) is 2. The third-order valence-electron chi connectivity index (χ3n) is 1.78. The Hall–Kier alpha value is -1.42. The van der Waals surface area contributed by atoms with Crippen molar-refractivity contribution in [3.8, 4) is 0 Å². The number of aryl methyl sites for hydroxylation is 1. The molecule has 1 aromatic rings. The van der Waals surface area contributed by atoms with Crippen molar-refractivity contribution in [2.75, 3.05) is 18.9 Å². The number of pyridine rings is 1. The first-order valence-corrected chi connectivity index (χ1v) is 4.59. The first-order valence-electron chi connectivity index (χ1n) is 4.59. The van der Waals surface area contributed by atoms with Gasteiger partial charge in [-0.2, -0.15) is 0 Å². The minimum absolute atomic E-state index is 0.0162. The standard InChI is InChI=1S/C10H15N3O/c1-8-3-6-12-9(7-8)13-10(14)4-5-11-2/h3,6-7,11H,4-5H2,1-2H3,(H,12,13,14). The summed E-state index contributed by atoms with van der Waals surface area (Å²) in [7, 11) is 1.82. The molecule has 0 aliphatic carbocycles. The molecule has 1 aromatic heterocycles. The molecule has 1 amide bonds. The molecule has 0 saturated heterocycles. The Morgan fingerprint density at radius 1 is 1.57 bits per heavy atom. The number of carbonyl (C=O) groups is 1. The topological polar surface area (TPSA) is 54.0 Å². The lowest BCUT2D eigenvalue weighted by Gasteiger charge is -2.04. The van der Waals surface area contributed by atoms with Gasteiger partial charge in [-0.15, -0.1) is 0 Å². The van der Waals surface area contributed by atoms with Gasteiger partial charge in [-0.25, -0.2) is 4.98 Å². The molecule has 0 unspecified atom stereocenters. The van der Waals surface area contributed by atoms with Crippen LogP contribution >= 0.6 is 0 Å². The Morgan fingerprint density at radius 2 is 2.36 bits per heavy atom. The van der Waals surface area contributed by atoms with E-state index in [1.54, 1.807) is 6.20 Å². The Morgan fingerprint density at radius 3 is 3.00 bits per heavy atom. The Balaban J connectivity index is 2.47. The lowest BCUT2D eigenvalue weighted by atomic mass is 10.3. The van der Waals surface area contributed by atoms with Crippen molar-refractivity contribution in [2.45, 2.75) is 13.3 Å². The highest BCUT2D eigenvalue weighted by molar-refractivity contribution is 5.89. The van der Waals surface area contributed by atoms with E-state index < -0.39 is 0 Å². The van der Waals surface area contributed by atoms with Gasteiger partial charge >= 0.3 is 0 Å². The summed E-state index contributed by atoms with van der Waals surface area (Å²) in [6.45, 7) is 2.64. The van der Waals surface area contributed by atoms with E-state index in [1.165, 1.54) is 0 Å². The second-order valence-electron chi connectivity index (χ2n) is 3.12. The van der Waals surface area contributed by atoms with Crippen LogP contribution in [0.4, 0.5) is 5.82 Å². The molecule has 0 radical (unpaired) electrons. The molecule has 0 spiro atoms. The van der Waals surface area contributed by atoms with Crippen LogP contribution in [-0.2, 0) is 4.79 Å². The fourth-order valence-electron chi connectivity index (χ4n) is 1.05. The van der Waals surface area contributed by atoms with Gasteiger partial charge < -0.3 is 10.6 Å². The van der Waals surface area contributed by atoms with Crippen molar-refractivity contribution in [2.24, 2.45) is 0 Å². The molecule has 0 bridgehead atoms. The smallest absolute Gasteiger partial charge is 0.226 e. The molecular formula is C10H15N3O. The summed E-state index contributed by atoms with van der Waals surface area (Å²) in [5, 5.41) is 5.64. The summed E-state index contributed by atoms with van der Waals surface area (Å²) in [4.78, 5) is 15.3. The van der Waals surface area contributed by atoms with E-state index >= 15 is 0 Å². The van der Waals surface area contributed by atoms with E-state index in [9.17, 15) is 4.79 Å². The van der Waals surface area contributed by atoms with Crippen LogP contribution in [-0.4, -0.2) is 24.5 Å². The molecule has 14 heavy (non-hydrogen) atoms. The molecule has 2 N–H and O–H groups in total. The average Bonchev–Trinajstić information content (AvgIpc) is 2.15. The minimum Gasteiger partial charge on any atom is -0.319 e. The van der Waals surface area contributed by atoms with Crippen LogP contribution in [0.15, 0.2) is 18.3 Å². The maximum absolute atomic E-state index is 11.3. The molecule has 4 heteroatoms. The predicted octanol–water partition coefficient (Wildman–Crippen LogP) is 0.938. The molecule has 0 fully saturated rings. The Bertz CT molecular complexity index is 312. The first-order chi connectivity index (χ1) is 6.72. The third kappa shape index (κ3) is 3.53. The second kappa shape index (κ2) is 5.34. The van der Waals surface area contributed by atoms with E-state index in [0.29, 0.717) is 18.8 Å². The van der Waals surface area contributed by atoms with Gasteiger partial charge in [-0.05, 0) is 31.7 Å². The monoisotopic (exact) mass is 193 g/mol. The van der Waals surface area contributed by atoms with Crippen molar-refractivity contribution in [3.05, 3.63) is 23.9 Å². The molecule has 1 heterocycles. The van der Waals surface area contributed by atoms with E-state index in [1.807, 2.05) is 26.1 Å². The van der Waals surface area contributed by atoms with Gasteiger partial charge in [0.05, 0.1) is 0 Å². The molecule has 1 rings (SSSR count). The summed E-state index contributed by atoms with van der Waals surface area (Å²) in [5.41, 5.74) is 1.09. The van der Waals surface area contributed by atoms with Crippen LogP contribution in [0, 0.1) is 6.92 Å². The fourth-order valence-corrected chi connectivity index (χ4v) is 1.05. The van der Waals surface area contributed by atoms with Gasteiger partial charge in [0.2, 0.25) is 5.91 Å². The number of hydrogen-bond donors (Lipinski definition) is 2. The van der Waals surface area contributed by atoms with Crippen molar-refractivity contribution in [1.82, 2.24) is 10.3 Å². The zero-order valence-electron chi connectivity index (χ0n) is 8.50. The molecule has 0 aliphatic heterocycles. The number of amides is 1. The zero-order valence-corrected chi connectivity index (χ0v) is 8.50. The summed E-state index contributed by atoms with van der Waals surface area (Å²) in [6, 6.07) is 3.74. The number of rotatable bonds is 4. The third-order valence-corrected chi connectivity index (χ3v) is 1.78. The van der Waals surface area contributed by atoms with E-state index in [4.69, 9.17) is 0 Å². The minimum atomic E-state index is -0.0162. The Kier molecular flexibility index (Phi) is 4.07. The number of anilines is 1. The van der Waals surface area contributed by atoms with Gasteiger partial charge in [0.1, 0.15) is 5.82 Å². The molecule has 0 saturated carbocycles. The van der Waals surface area contributed by atoms with Crippen LogP contribution in [0.2, 0.25) is 0 Å². The summed E-state index contributed by atoms with van der Waals surface area (Å²) < 4.78 is 0. The van der Waals surface area contributed by atoms with Crippen LogP contribution in [0.5, 0.6) is 0 Å². The lowest BCUT2D eigenvalue weighted by Crippen LogP contribution is -2.19. The average molecular weight is 193 g/mol. The maximum Gasteiger partial charge on any atom is 0.226 e. The van der Waals surface area contributed by atoms with Crippen molar-refractivity contribution in [1.29, 1.82) is 0 Å². The Labute approximate surface area is 83.7 Å². The molecule has 0 aromatic carbocycles. The van der Waals surface area contributed by atoms with Crippen LogP contribution in [0.1, 0.15) is 12.0 Å². The van der Waals surface area contributed by atoms with Gasteiger partial charge in [-0.3, -0.25) is 4.79 Å². The van der Waals surface area contributed by atoms with E-state index in [2.05, 4.69) is 15.6 Å². The molecule has 76 valence electrons. The number of carbonyl (C=O) groups excluding carboxylic acids is 1. The fraction of sp³-hybridized carbons (Fsp3) is 0.400. The van der Waals surface area contributed by atoms with Crippen molar-refractivity contribution in [3.63, 3.8) is 0 Å². The van der Waals surface area contributed by atoms with Gasteiger partial charge in [0.25, 0.3) is 0 Å². The number of aromatic nitrogens is 1. The zero-order chi connectivity index (χ0) is 10.4. The number of nitrogens with zero attached hydrogens (tertiary/aromatic N) is 1. The highest BCUT2D eigenvalue weighted by Crippen LogP contribution is 2.05. The summed E-state index contributed by atoms with van der Waals surface area (Å²) in [6.07, 6.45) is 2.15. The predicted molar refractivity (Wildman–Crippen MR) is 56.1 cm³/mol. The highest BCUT2D eigenvalue weighted by atomic mass is 16.1. The van der Waals surface area contributed by atoms with Crippen molar-refractivity contribution >= 4 is 11.7 Å².